The molecule has 0 unspecified atom stereocenters. The largest absolute Gasteiger partial charge is 0.497 e. The molecule has 148 valence electrons. The number of imidazole rings is 1. The summed E-state index contributed by atoms with van der Waals surface area (Å²) in [6.45, 7) is 0.544. The van der Waals surface area contributed by atoms with E-state index in [2.05, 4.69) is 0 Å². The molecule has 0 aliphatic carbocycles. The van der Waals surface area contributed by atoms with Crippen LogP contribution >= 0.6 is 11.6 Å². The Balaban J connectivity index is 1.73. The third-order valence-corrected chi connectivity index (χ3v) is 5.34. The third-order valence-electron chi connectivity index (χ3n) is 5.09. The number of methoxy groups -OCH3 is 1. The van der Waals surface area contributed by atoms with E-state index in [0.717, 1.165) is 22.0 Å². The quantitative estimate of drug-likeness (QED) is 0.362. The summed E-state index contributed by atoms with van der Waals surface area (Å²) < 4.78 is 12.9. The van der Waals surface area contributed by atoms with Crippen LogP contribution in [0.1, 0.15) is 5.56 Å². The minimum atomic E-state index is -0.430. The number of fused-ring (bicyclic) bond motifs is 2. The molecule has 0 atom stereocenters. The Labute approximate surface area is 177 Å². The second-order valence-electron chi connectivity index (χ2n) is 6.99. The summed E-state index contributed by atoms with van der Waals surface area (Å²) in [6, 6.07) is 22.6. The molecule has 0 spiro atoms. The molecule has 0 bridgehead atoms. The number of nitrogens with zero attached hydrogens (tertiary/aromatic N) is 2. The summed E-state index contributed by atoms with van der Waals surface area (Å²) in [5.74, 6) is 1.25. The zero-order valence-electron chi connectivity index (χ0n) is 16.1. The molecule has 2 heterocycles. The van der Waals surface area contributed by atoms with Crippen LogP contribution in [0.2, 0.25) is 5.02 Å². The summed E-state index contributed by atoms with van der Waals surface area (Å²) in [5, 5.41) is 1.45. The summed E-state index contributed by atoms with van der Waals surface area (Å²) >= 11 is 6.03. The number of rotatable bonds is 4. The number of aromatic nitrogens is 2. The number of halogens is 1. The van der Waals surface area contributed by atoms with Crippen LogP contribution in [0, 0.1) is 0 Å². The van der Waals surface area contributed by atoms with Crippen LogP contribution in [-0.2, 0) is 6.54 Å². The van der Waals surface area contributed by atoms with Crippen molar-refractivity contribution in [2.45, 2.75) is 6.54 Å². The number of para-hydroxylation sites is 2. The van der Waals surface area contributed by atoms with Crippen molar-refractivity contribution in [3.05, 3.63) is 93.8 Å². The Hall–Kier alpha value is -3.57. The molecule has 0 radical (unpaired) electrons. The van der Waals surface area contributed by atoms with E-state index in [0.29, 0.717) is 34.3 Å². The molecular weight excluding hydrogens is 400 g/mol. The molecule has 0 aliphatic rings. The molecular formula is C24H17ClN2O3. The standard InChI is InChI=1S/C24H17ClN2O3/c1-29-18-10-11-22-16(12-18)13-19(24(28)30-22)23-26-20-4-2-3-5-21(20)27(23)14-15-6-8-17(25)9-7-15/h2-13H,14H2,1H3. The minimum Gasteiger partial charge on any atom is -0.497 e. The first-order valence-corrected chi connectivity index (χ1v) is 9.82. The molecule has 5 nitrogen and oxygen atoms in total. The molecule has 2 aromatic heterocycles. The first-order valence-electron chi connectivity index (χ1n) is 9.44. The van der Waals surface area contributed by atoms with Gasteiger partial charge in [0.25, 0.3) is 0 Å². The Bertz CT molecular complexity index is 1440. The van der Waals surface area contributed by atoms with Gasteiger partial charge in [0.05, 0.1) is 18.1 Å². The highest BCUT2D eigenvalue weighted by Crippen LogP contribution is 2.28. The lowest BCUT2D eigenvalue weighted by molar-refractivity contribution is 0.415. The SMILES string of the molecule is COc1ccc2oc(=O)c(-c3nc4ccccc4n3Cc3ccc(Cl)cc3)cc2c1. The molecule has 30 heavy (non-hydrogen) atoms. The first-order chi connectivity index (χ1) is 14.6. The zero-order chi connectivity index (χ0) is 20.7. The number of hydrogen-bond acceptors (Lipinski definition) is 4. The van der Waals surface area contributed by atoms with Crippen LogP contribution in [0.3, 0.4) is 0 Å². The van der Waals surface area contributed by atoms with Gasteiger partial charge in [-0.25, -0.2) is 9.78 Å². The second kappa shape index (κ2) is 7.35. The van der Waals surface area contributed by atoms with E-state index >= 15 is 0 Å². The van der Waals surface area contributed by atoms with Gasteiger partial charge in [-0.05, 0) is 54.1 Å². The van der Waals surface area contributed by atoms with Crippen LogP contribution in [0.5, 0.6) is 5.75 Å². The van der Waals surface area contributed by atoms with Crippen molar-refractivity contribution in [1.29, 1.82) is 0 Å². The van der Waals surface area contributed by atoms with Crippen molar-refractivity contribution >= 4 is 33.6 Å². The van der Waals surface area contributed by atoms with Crippen LogP contribution < -0.4 is 10.4 Å². The maximum Gasteiger partial charge on any atom is 0.347 e. The Kier molecular flexibility index (Phi) is 4.52. The van der Waals surface area contributed by atoms with E-state index in [4.69, 9.17) is 25.7 Å². The highest BCUT2D eigenvalue weighted by atomic mass is 35.5. The molecule has 0 aliphatic heterocycles. The highest BCUT2D eigenvalue weighted by molar-refractivity contribution is 6.30. The topological polar surface area (TPSA) is 57.3 Å². The van der Waals surface area contributed by atoms with Gasteiger partial charge in [0.2, 0.25) is 0 Å². The van der Waals surface area contributed by atoms with Crippen LogP contribution in [0.4, 0.5) is 0 Å². The number of benzene rings is 3. The summed E-state index contributed by atoms with van der Waals surface area (Å²) in [5.41, 5.74) is 3.28. The fraction of sp³-hybridized carbons (Fsp3) is 0.0833. The molecule has 5 aromatic rings. The van der Waals surface area contributed by atoms with E-state index in [9.17, 15) is 4.79 Å². The van der Waals surface area contributed by atoms with Crippen molar-refractivity contribution in [2.75, 3.05) is 7.11 Å². The average molecular weight is 417 g/mol. The predicted octanol–water partition coefficient (Wildman–Crippen LogP) is 5.52. The molecule has 6 heteroatoms. The van der Waals surface area contributed by atoms with Gasteiger partial charge in [0.1, 0.15) is 22.7 Å². The monoisotopic (exact) mass is 416 g/mol. The van der Waals surface area contributed by atoms with Crippen molar-refractivity contribution in [2.24, 2.45) is 0 Å². The van der Waals surface area contributed by atoms with Gasteiger partial charge in [-0.1, -0.05) is 35.9 Å². The van der Waals surface area contributed by atoms with E-state index in [1.807, 2.05) is 65.2 Å². The number of ether oxygens (including phenoxy) is 1. The van der Waals surface area contributed by atoms with Gasteiger partial charge < -0.3 is 13.7 Å². The average Bonchev–Trinajstić information content (AvgIpc) is 3.12. The van der Waals surface area contributed by atoms with Gasteiger partial charge in [0, 0.05) is 17.0 Å². The van der Waals surface area contributed by atoms with E-state index in [-0.39, 0.29) is 0 Å². The Morgan fingerprint density at radius 2 is 1.83 bits per heavy atom. The van der Waals surface area contributed by atoms with Crippen LogP contribution in [0.15, 0.2) is 82.0 Å². The van der Waals surface area contributed by atoms with E-state index < -0.39 is 5.63 Å². The second-order valence-corrected chi connectivity index (χ2v) is 7.42. The van der Waals surface area contributed by atoms with E-state index in [1.54, 1.807) is 19.2 Å². The van der Waals surface area contributed by atoms with Gasteiger partial charge in [0.15, 0.2) is 0 Å². The highest BCUT2D eigenvalue weighted by Gasteiger charge is 2.18. The maximum atomic E-state index is 12.8. The van der Waals surface area contributed by atoms with Crippen LogP contribution in [0.25, 0.3) is 33.4 Å². The van der Waals surface area contributed by atoms with Gasteiger partial charge in [-0.2, -0.15) is 0 Å². The summed E-state index contributed by atoms with van der Waals surface area (Å²) in [7, 11) is 1.60. The fourth-order valence-corrected chi connectivity index (χ4v) is 3.72. The normalized spacial score (nSPS) is 11.3. The Morgan fingerprint density at radius 3 is 2.63 bits per heavy atom. The van der Waals surface area contributed by atoms with Gasteiger partial charge in [-0.15, -0.1) is 0 Å². The van der Waals surface area contributed by atoms with Crippen molar-refractivity contribution < 1.29 is 9.15 Å². The summed E-state index contributed by atoms with van der Waals surface area (Å²) in [4.78, 5) is 17.6. The van der Waals surface area contributed by atoms with Crippen LogP contribution in [-0.4, -0.2) is 16.7 Å². The minimum absolute atomic E-state index is 0.404. The molecule has 0 saturated carbocycles. The molecule has 0 amide bonds. The maximum absolute atomic E-state index is 12.8. The molecule has 0 saturated heterocycles. The third kappa shape index (κ3) is 3.23. The van der Waals surface area contributed by atoms with E-state index in [1.165, 1.54) is 0 Å². The lowest BCUT2D eigenvalue weighted by Gasteiger charge is -2.10. The summed E-state index contributed by atoms with van der Waals surface area (Å²) in [6.07, 6.45) is 0. The van der Waals surface area contributed by atoms with Gasteiger partial charge >= 0.3 is 5.63 Å². The molecule has 0 fully saturated rings. The Morgan fingerprint density at radius 1 is 1.03 bits per heavy atom. The lowest BCUT2D eigenvalue weighted by Crippen LogP contribution is -2.09. The molecule has 5 rings (SSSR count). The van der Waals surface area contributed by atoms with Crippen molar-refractivity contribution in [3.8, 4) is 17.1 Å². The fourth-order valence-electron chi connectivity index (χ4n) is 3.60. The van der Waals surface area contributed by atoms with Crippen molar-refractivity contribution in [3.63, 3.8) is 0 Å². The lowest BCUT2D eigenvalue weighted by atomic mass is 10.1. The first kappa shape index (κ1) is 18.5. The molecule has 3 aromatic carbocycles. The van der Waals surface area contributed by atoms with Crippen molar-refractivity contribution in [1.82, 2.24) is 9.55 Å². The van der Waals surface area contributed by atoms with Gasteiger partial charge in [-0.3, -0.25) is 0 Å². The predicted molar refractivity (Wildman–Crippen MR) is 118 cm³/mol. The zero-order valence-corrected chi connectivity index (χ0v) is 16.9. The smallest absolute Gasteiger partial charge is 0.347 e. The number of hydrogen-bond donors (Lipinski definition) is 0. The molecule has 0 N–H and O–H groups in total.